The third-order valence-corrected chi connectivity index (χ3v) is 4.54. The van der Waals surface area contributed by atoms with Crippen molar-refractivity contribution in [2.24, 2.45) is 5.92 Å². The number of rotatable bonds is 4. The molecule has 3 unspecified atom stereocenters. The van der Waals surface area contributed by atoms with Crippen LogP contribution in [0.25, 0.3) is 0 Å². The molecule has 1 aliphatic rings. The van der Waals surface area contributed by atoms with Gasteiger partial charge in [0.05, 0.1) is 19.2 Å². The first-order valence-electron chi connectivity index (χ1n) is 6.31. The lowest BCUT2D eigenvalue weighted by atomic mass is 10.1. The van der Waals surface area contributed by atoms with Crippen LogP contribution in [-0.4, -0.2) is 34.2 Å². The van der Waals surface area contributed by atoms with Crippen molar-refractivity contribution in [3.8, 4) is 0 Å². The molecule has 1 fully saturated rings. The van der Waals surface area contributed by atoms with Gasteiger partial charge in [0.1, 0.15) is 11.5 Å². The predicted molar refractivity (Wildman–Crippen MR) is 75.1 cm³/mol. The molecule has 116 valence electrons. The van der Waals surface area contributed by atoms with Gasteiger partial charge in [0.25, 0.3) is 0 Å². The van der Waals surface area contributed by atoms with Crippen LogP contribution < -0.4 is 11.4 Å². The van der Waals surface area contributed by atoms with Crippen molar-refractivity contribution in [3.05, 3.63) is 22.0 Å². The summed E-state index contributed by atoms with van der Waals surface area (Å²) in [7, 11) is 1.32. The van der Waals surface area contributed by atoms with E-state index in [9.17, 15) is 14.0 Å². The van der Waals surface area contributed by atoms with Gasteiger partial charge < -0.3 is 20.2 Å². The summed E-state index contributed by atoms with van der Waals surface area (Å²) in [4.78, 5) is 28.1. The first-order chi connectivity index (χ1) is 9.92. The van der Waals surface area contributed by atoms with Gasteiger partial charge in [0.2, 0.25) is 0 Å². The van der Waals surface area contributed by atoms with Crippen molar-refractivity contribution in [1.82, 2.24) is 9.97 Å². The van der Waals surface area contributed by atoms with Crippen LogP contribution in [0.1, 0.15) is 25.1 Å². The van der Waals surface area contributed by atoms with E-state index >= 15 is 0 Å². The molecule has 0 amide bonds. The minimum atomic E-state index is -0.776. The van der Waals surface area contributed by atoms with Gasteiger partial charge in [-0.3, -0.25) is 4.79 Å². The number of aromatic nitrogens is 2. The van der Waals surface area contributed by atoms with E-state index < -0.39 is 23.4 Å². The summed E-state index contributed by atoms with van der Waals surface area (Å²) in [5.41, 5.74) is 4.33. The zero-order valence-corrected chi connectivity index (χ0v) is 12.4. The number of hydrogen-bond donors (Lipinski definition) is 2. The number of nitrogens with one attached hydrogen (secondary N) is 1. The van der Waals surface area contributed by atoms with Gasteiger partial charge in [0, 0.05) is 11.7 Å². The molecule has 1 aromatic heterocycles. The molecule has 1 aromatic rings. The van der Waals surface area contributed by atoms with Gasteiger partial charge in [-0.1, -0.05) is 6.92 Å². The molecule has 1 aliphatic heterocycles. The van der Waals surface area contributed by atoms with E-state index in [4.69, 9.17) is 10.5 Å². The van der Waals surface area contributed by atoms with E-state index in [-0.39, 0.29) is 29.4 Å². The van der Waals surface area contributed by atoms with Crippen molar-refractivity contribution in [2.75, 3.05) is 18.6 Å². The van der Waals surface area contributed by atoms with Crippen LogP contribution >= 0.6 is 11.8 Å². The van der Waals surface area contributed by atoms with E-state index in [1.807, 2.05) is 6.92 Å². The molecular formula is C12H16FN3O4S. The lowest BCUT2D eigenvalue weighted by Crippen LogP contribution is -2.22. The topological polar surface area (TPSA) is 107 Å². The van der Waals surface area contributed by atoms with Gasteiger partial charge in [-0.25, -0.2) is 9.18 Å². The number of carbonyl (C=O) groups is 1. The molecule has 2 rings (SSSR count). The highest BCUT2D eigenvalue weighted by Gasteiger charge is 2.34. The normalized spacial score (nSPS) is 23.0. The summed E-state index contributed by atoms with van der Waals surface area (Å²) in [6.45, 7) is 1.84. The predicted octanol–water partition coefficient (Wildman–Crippen LogP) is 0.821. The highest BCUT2D eigenvalue weighted by Crippen LogP contribution is 2.39. The van der Waals surface area contributed by atoms with Crippen LogP contribution in [0.15, 0.2) is 4.79 Å². The molecule has 1 saturated heterocycles. The van der Waals surface area contributed by atoms with E-state index in [1.165, 1.54) is 18.9 Å². The Labute approximate surface area is 124 Å². The number of hydrogen-bond acceptors (Lipinski definition) is 7. The third kappa shape index (κ3) is 3.53. The smallest absolute Gasteiger partial charge is 0.347 e. The first kappa shape index (κ1) is 15.8. The maximum Gasteiger partial charge on any atom is 0.347 e. The Balaban J connectivity index is 2.09. The minimum Gasteiger partial charge on any atom is -0.469 e. The van der Waals surface area contributed by atoms with E-state index in [1.54, 1.807) is 0 Å². The van der Waals surface area contributed by atoms with Crippen LogP contribution in [0, 0.1) is 11.7 Å². The van der Waals surface area contributed by atoms with Gasteiger partial charge in [-0.05, 0) is 0 Å². The summed E-state index contributed by atoms with van der Waals surface area (Å²) < 4.78 is 24.2. The molecule has 9 heteroatoms. The number of methoxy groups -OCH3 is 1. The molecule has 2 heterocycles. The number of nitrogens with zero attached hydrogens (tertiary/aromatic N) is 1. The number of carbonyl (C=O) groups excluding carboxylic acids is 1. The molecular weight excluding hydrogens is 301 g/mol. The average Bonchev–Trinajstić information content (AvgIpc) is 2.92. The number of anilines is 1. The van der Waals surface area contributed by atoms with E-state index in [2.05, 4.69) is 14.7 Å². The Bertz CT molecular complexity index is 594. The highest BCUT2D eigenvalue weighted by molar-refractivity contribution is 8.00. The van der Waals surface area contributed by atoms with Crippen molar-refractivity contribution in [1.29, 1.82) is 0 Å². The van der Waals surface area contributed by atoms with Gasteiger partial charge in [-0.2, -0.15) is 4.98 Å². The summed E-state index contributed by atoms with van der Waals surface area (Å²) in [5.74, 6) is -1.20. The number of halogens is 1. The first-order valence-corrected chi connectivity index (χ1v) is 7.36. The van der Waals surface area contributed by atoms with Crippen molar-refractivity contribution in [2.45, 2.75) is 24.9 Å². The Kier molecular flexibility index (Phi) is 4.84. The molecule has 0 radical (unpaired) electrons. The summed E-state index contributed by atoms with van der Waals surface area (Å²) in [6.07, 6.45) is -0.420. The van der Waals surface area contributed by atoms with Crippen LogP contribution in [0.5, 0.6) is 0 Å². The van der Waals surface area contributed by atoms with Crippen molar-refractivity contribution in [3.63, 3.8) is 0 Å². The summed E-state index contributed by atoms with van der Waals surface area (Å²) >= 11 is 1.45. The van der Waals surface area contributed by atoms with E-state index in [0.717, 1.165) is 0 Å². The second-order valence-corrected chi connectivity index (χ2v) is 5.87. The van der Waals surface area contributed by atoms with Crippen LogP contribution in [0.4, 0.5) is 10.2 Å². The number of esters is 1. The summed E-state index contributed by atoms with van der Waals surface area (Å²) in [6, 6.07) is 0. The zero-order chi connectivity index (χ0) is 15.6. The molecule has 3 N–H and O–H groups in total. The SMILES string of the molecule is COC(=O)CC(C)C1OC(c2[nH]c(=O)nc(N)c2F)CS1. The van der Waals surface area contributed by atoms with Gasteiger partial charge in [-0.15, -0.1) is 11.8 Å². The fraction of sp³-hybridized carbons (Fsp3) is 0.583. The maximum atomic E-state index is 13.9. The average molecular weight is 317 g/mol. The van der Waals surface area contributed by atoms with Crippen LogP contribution in [0.3, 0.4) is 0 Å². The molecule has 0 spiro atoms. The van der Waals surface area contributed by atoms with Crippen molar-refractivity contribution < 1.29 is 18.7 Å². The lowest BCUT2D eigenvalue weighted by molar-refractivity contribution is -0.142. The highest BCUT2D eigenvalue weighted by atomic mass is 32.2. The number of H-pyrrole nitrogens is 1. The third-order valence-electron chi connectivity index (χ3n) is 3.14. The largest absolute Gasteiger partial charge is 0.469 e. The number of nitrogens with two attached hydrogens (primary N) is 1. The zero-order valence-electron chi connectivity index (χ0n) is 11.6. The Morgan fingerprint density at radius 2 is 2.43 bits per heavy atom. The van der Waals surface area contributed by atoms with Gasteiger partial charge >= 0.3 is 11.7 Å². The molecule has 3 atom stereocenters. The fourth-order valence-electron chi connectivity index (χ4n) is 2.03. The second kappa shape index (κ2) is 6.44. The molecule has 0 saturated carbocycles. The molecule has 0 aromatic carbocycles. The number of ether oxygens (including phenoxy) is 2. The molecule has 0 aliphatic carbocycles. The lowest BCUT2D eigenvalue weighted by Gasteiger charge is -2.18. The minimum absolute atomic E-state index is 0.00670. The Morgan fingerprint density at radius 3 is 3.10 bits per heavy atom. The van der Waals surface area contributed by atoms with Crippen molar-refractivity contribution >= 4 is 23.5 Å². The maximum absolute atomic E-state index is 13.9. The van der Waals surface area contributed by atoms with Gasteiger partial charge in [0.15, 0.2) is 11.6 Å². The summed E-state index contributed by atoms with van der Waals surface area (Å²) in [5, 5.41) is 0. The number of aromatic amines is 1. The standard InChI is InChI=1S/C12H16FN3O4S/c1-5(3-7(17)19-2)11-20-6(4-21-11)9-8(13)10(14)16-12(18)15-9/h5-6,11H,3-4H2,1-2H3,(H3,14,15,16,18). The number of nitrogen functional groups attached to an aromatic ring is 1. The Hall–Kier alpha value is -1.61. The number of thioether (sulfide) groups is 1. The molecule has 21 heavy (non-hydrogen) atoms. The second-order valence-electron chi connectivity index (χ2n) is 4.74. The molecule has 0 bridgehead atoms. The van der Waals surface area contributed by atoms with Crippen LogP contribution in [-0.2, 0) is 14.3 Å². The monoisotopic (exact) mass is 317 g/mol. The Morgan fingerprint density at radius 1 is 1.71 bits per heavy atom. The molecule has 7 nitrogen and oxygen atoms in total. The quantitative estimate of drug-likeness (QED) is 0.792. The van der Waals surface area contributed by atoms with E-state index in [0.29, 0.717) is 5.75 Å². The van der Waals surface area contributed by atoms with Crippen LogP contribution in [0.2, 0.25) is 0 Å². The fourth-order valence-corrected chi connectivity index (χ4v) is 3.28.